The SMILES string of the molecule is NN(S(=O)(=O)c1ccccc1)S(=O)(=O)c1ccccc1C(F)(F)F. The van der Waals surface area contributed by atoms with Crippen LogP contribution in [0.15, 0.2) is 64.4 Å². The van der Waals surface area contributed by atoms with Crippen LogP contribution >= 0.6 is 0 Å². The highest BCUT2D eigenvalue weighted by Crippen LogP contribution is 2.35. The molecule has 0 atom stereocenters. The van der Waals surface area contributed by atoms with Crippen molar-refractivity contribution in [3.63, 3.8) is 0 Å². The van der Waals surface area contributed by atoms with Crippen molar-refractivity contribution in [2.24, 2.45) is 5.84 Å². The zero-order chi connectivity index (χ0) is 18.2. The molecule has 0 aliphatic heterocycles. The van der Waals surface area contributed by atoms with Crippen molar-refractivity contribution in [1.82, 2.24) is 3.82 Å². The van der Waals surface area contributed by atoms with Gasteiger partial charge in [-0.2, -0.15) is 13.2 Å². The lowest BCUT2D eigenvalue weighted by Gasteiger charge is -2.19. The molecule has 0 unspecified atom stereocenters. The standard InChI is InChI=1S/C13H11F3N2O4S2/c14-13(15,16)11-8-4-5-9-12(11)24(21,22)18(17)23(19,20)10-6-2-1-3-7-10/h1-9H,17H2. The normalized spacial score (nSPS) is 13.2. The molecule has 0 aliphatic rings. The maximum atomic E-state index is 13.0. The summed E-state index contributed by atoms with van der Waals surface area (Å²) >= 11 is 0. The molecule has 0 saturated heterocycles. The van der Waals surface area contributed by atoms with E-state index in [4.69, 9.17) is 5.84 Å². The molecule has 11 heteroatoms. The molecular formula is C13H11F3N2O4S2. The van der Waals surface area contributed by atoms with Crippen LogP contribution in [0.5, 0.6) is 0 Å². The highest BCUT2D eigenvalue weighted by atomic mass is 32.3. The Morgan fingerprint density at radius 3 is 1.83 bits per heavy atom. The number of hydrazine groups is 1. The van der Waals surface area contributed by atoms with Gasteiger partial charge < -0.3 is 0 Å². The minimum absolute atomic E-state index is 0.472. The molecule has 0 fully saturated rings. The van der Waals surface area contributed by atoms with Crippen LogP contribution in [0.2, 0.25) is 0 Å². The summed E-state index contributed by atoms with van der Waals surface area (Å²) in [5.74, 6) is 5.20. The second kappa shape index (κ2) is 6.16. The molecule has 0 aliphatic carbocycles. The van der Waals surface area contributed by atoms with E-state index in [1.807, 2.05) is 0 Å². The van der Waals surface area contributed by atoms with Crippen LogP contribution in [0, 0.1) is 0 Å². The molecule has 0 saturated carbocycles. The fourth-order valence-electron chi connectivity index (χ4n) is 1.85. The Labute approximate surface area is 136 Å². The molecule has 2 rings (SSSR count). The number of sulfonamides is 2. The molecule has 130 valence electrons. The van der Waals surface area contributed by atoms with Crippen LogP contribution in [0.25, 0.3) is 0 Å². The molecule has 2 N–H and O–H groups in total. The van der Waals surface area contributed by atoms with Crippen molar-refractivity contribution < 1.29 is 30.0 Å². The van der Waals surface area contributed by atoms with Gasteiger partial charge in [0.1, 0.15) is 0 Å². The molecular weight excluding hydrogens is 369 g/mol. The summed E-state index contributed by atoms with van der Waals surface area (Å²) in [6.45, 7) is 0. The van der Waals surface area contributed by atoms with Crippen molar-refractivity contribution in [3.8, 4) is 0 Å². The fraction of sp³-hybridized carbons (Fsp3) is 0.0769. The predicted molar refractivity (Wildman–Crippen MR) is 78.3 cm³/mol. The third-order valence-electron chi connectivity index (χ3n) is 2.99. The Kier molecular flexibility index (Phi) is 4.72. The Hall–Kier alpha value is -1.95. The van der Waals surface area contributed by atoms with Gasteiger partial charge >= 0.3 is 6.18 Å². The van der Waals surface area contributed by atoms with Gasteiger partial charge in [0, 0.05) is 0 Å². The van der Waals surface area contributed by atoms with Gasteiger partial charge in [0.2, 0.25) is 0 Å². The highest BCUT2D eigenvalue weighted by molar-refractivity contribution is 8.04. The first kappa shape index (κ1) is 18.4. The van der Waals surface area contributed by atoms with Gasteiger partial charge in [-0.05, 0) is 28.1 Å². The van der Waals surface area contributed by atoms with Gasteiger partial charge in [-0.25, -0.2) is 22.7 Å². The van der Waals surface area contributed by atoms with Crippen LogP contribution in [-0.2, 0) is 26.2 Å². The maximum absolute atomic E-state index is 13.0. The van der Waals surface area contributed by atoms with E-state index in [9.17, 15) is 30.0 Å². The van der Waals surface area contributed by atoms with E-state index in [1.54, 1.807) is 0 Å². The Morgan fingerprint density at radius 1 is 0.792 bits per heavy atom. The average Bonchev–Trinajstić information content (AvgIpc) is 2.54. The van der Waals surface area contributed by atoms with Gasteiger partial charge in [-0.1, -0.05) is 30.3 Å². The Balaban J connectivity index is 2.61. The Morgan fingerprint density at radius 2 is 1.29 bits per heavy atom. The van der Waals surface area contributed by atoms with E-state index in [0.717, 1.165) is 24.3 Å². The minimum Gasteiger partial charge on any atom is -0.240 e. The quantitative estimate of drug-likeness (QED) is 0.646. The van der Waals surface area contributed by atoms with E-state index in [2.05, 4.69) is 0 Å². The summed E-state index contributed by atoms with van der Waals surface area (Å²) in [6, 6.07) is 9.43. The topological polar surface area (TPSA) is 97.5 Å². The molecule has 2 aromatic rings. The zero-order valence-corrected chi connectivity index (χ0v) is 13.4. The molecule has 0 bridgehead atoms. The number of hydrogen-bond acceptors (Lipinski definition) is 5. The van der Waals surface area contributed by atoms with Gasteiger partial charge in [0.15, 0.2) is 0 Å². The molecule has 0 radical (unpaired) electrons. The lowest BCUT2D eigenvalue weighted by Crippen LogP contribution is -2.43. The highest BCUT2D eigenvalue weighted by Gasteiger charge is 2.41. The molecule has 24 heavy (non-hydrogen) atoms. The third kappa shape index (κ3) is 3.29. The largest absolute Gasteiger partial charge is 0.417 e. The fourth-order valence-corrected chi connectivity index (χ4v) is 5.00. The summed E-state index contributed by atoms with van der Waals surface area (Å²) in [7, 11) is -9.91. The second-order valence-electron chi connectivity index (χ2n) is 4.54. The van der Waals surface area contributed by atoms with Crippen LogP contribution in [0.3, 0.4) is 0 Å². The van der Waals surface area contributed by atoms with Crippen LogP contribution in [-0.4, -0.2) is 20.7 Å². The van der Waals surface area contributed by atoms with Crippen LogP contribution < -0.4 is 5.84 Å². The summed E-state index contributed by atoms with van der Waals surface area (Å²) in [6.07, 6.45) is -5.00. The summed E-state index contributed by atoms with van der Waals surface area (Å²) < 4.78 is 87.6. The molecule has 2 aromatic carbocycles. The number of halogens is 3. The Bertz CT molecular complexity index is 943. The third-order valence-corrected chi connectivity index (χ3v) is 6.89. The number of rotatable bonds is 4. The number of alkyl halides is 3. The van der Waals surface area contributed by atoms with E-state index in [0.29, 0.717) is 12.1 Å². The molecule has 0 spiro atoms. The number of benzene rings is 2. The van der Waals surface area contributed by atoms with Crippen LogP contribution in [0.4, 0.5) is 13.2 Å². The molecule has 6 nitrogen and oxygen atoms in total. The lowest BCUT2D eigenvalue weighted by molar-refractivity contribution is -0.139. The average molecular weight is 380 g/mol. The molecule has 0 heterocycles. The number of nitrogens with two attached hydrogens (primary N) is 1. The van der Waals surface area contributed by atoms with Crippen LogP contribution in [0.1, 0.15) is 5.56 Å². The minimum atomic E-state index is -5.16. The van der Waals surface area contributed by atoms with Crippen molar-refractivity contribution in [1.29, 1.82) is 0 Å². The molecule has 0 amide bonds. The second-order valence-corrected chi connectivity index (χ2v) is 8.37. The predicted octanol–water partition coefficient (Wildman–Crippen LogP) is 1.96. The summed E-state index contributed by atoms with van der Waals surface area (Å²) in [4.78, 5) is -1.72. The van der Waals surface area contributed by atoms with Gasteiger partial charge in [0.25, 0.3) is 20.0 Å². The van der Waals surface area contributed by atoms with Gasteiger partial charge in [0.05, 0.1) is 15.4 Å². The first-order valence-corrected chi connectivity index (χ1v) is 9.13. The van der Waals surface area contributed by atoms with E-state index in [-0.39, 0.29) is 0 Å². The lowest BCUT2D eigenvalue weighted by atomic mass is 10.2. The van der Waals surface area contributed by atoms with Gasteiger partial charge in [-0.3, -0.25) is 0 Å². The maximum Gasteiger partial charge on any atom is 0.417 e. The van der Waals surface area contributed by atoms with Crippen molar-refractivity contribution in [2.45, 2.75) is 16.0 Å². The van der Waals surface area contributed by atoms with Crippen molar-refractivity contribution in [3.05, 3.63) is 60.2 Å². The summed E-state index contributed by atoms with van der Waals surface area (Å²) in [5, 5.41) is 0. The zero-order valence-electron chi connectivity index (χ0n) is 11.8. The van der Waals surface area contributed by atoms with E-state index < -0.39 is 45.4 Å². The van der Waals surface area contributed by atoms with Gasteiger partial charge in [-0.15, -0.1) is 0 Å². The first-order valence-electron chi connectivity index (χ1n) is 6.25. The number of nitrogens with zero attached hydrogens (tertiary/aromatic N) is 1. The van der Waals surface area contributed by atoms with E-state index >= 15 is 0 Å². The number of hydrogen-bond donors (Lipinski definition) is 1. The molecule has 0 aromatic heterocycles. The summed E-state index contributed by atoms with van der Waals surface area (Å²) in [5.41, 5.74) is -1.51. The van der Waals surface area contributed by atoms with Crippen molar-refractivity contribution in [2.75, 3.05) is 0 Å². The van der Waals surface area contributed by atoms with Crippen molar-refractivity contribution >= 4 is 20.0 Å². The monoisotopic (exact) mass is 380 g/mol. The van der Waals surface area contributed by atoms with E-state index in [1.165, 1.54) is 18.2 Å². The first-order chi connectivity index (χ1) is 11.0. The smallest absolute Gasteiger partial charge is 0.240 e.